The lowest BCUT2D eigenvalue weighted by Gasteiger charge is -2.15. The molecule has 0 saturated carbocycles. The molecule has 144 valence electrons. The SMILES string of the molecule is COc1ccc(CNC(=O)c2ccc(C)c(NC(C)=O)c2)c(C(F)(F)F)c1. The molecule has 2 aromatic carbocycles. The zero-order chi connectivity index (χ0) is 20.2. The number of carbonyl (C=O) groups is 2. The summed E-state index contributed by atoms with van der Waals surface area (Å²) in [6.45, 7) is 2.80. The van der Waals surface area contributed by atoms with Gasteiger partial charge in [-0.25, -0.2) is 0 Å². The van der Waals surface area contributed by atoms with Crippen LogP contribution in [0.1, 0.15) is 34.0 Å². The minimum absolute atomic E-state index is 0.0779. The van der Waals surface area contributed by atoms with E-state index in [1.165, 1.54) is 38.3 Å². The largest absolute Gasteiger partial charge is 0.497 e. The Balaban J connectivity index is 2.20. The minimum atomic E-state index is -4.57. The van der Waals surface area contributed by atoms with Gasteiger partial charge in [0.15, 0.2) is 0 Å². The van der Waals surface area contributed by atoms with Crippen LogP contribution in [0.15, 0.2) is 36.4 Å². The van der Waals surface area contributed by atoms with Crippen molar-refractivity contribution in [2.75, 3.05) is 12.4 Å². The van der Waals surface area contributed by atoms with Crippen molar-refractivity contribution in [2.45, 2.75) is 26.6 Å². The number of hydrogen-bond donors (Lipinski definition) is 2. The predicted molar refractivity (Wildman–Crippen MR) is 94.6 cm³/mol. The van der Waals surface area contributed by atoms with Crippen molar-refractivity contribution in [3.05, 3.63) is 58.7 Å². The number of rotatable bonds is 5. The van der Waals surface area contributed by atoms with Gasteiger partial charge < -0.3 is 15.4 Å². The molecule has 0 aliphatic carbocycles. The summed E-state index contributed by atoms with van der Waals surface area (Å²) in [5.41, 5.74) is 0.508. The average Bonchev–Trinajstić information content (AvgIpc) is 2.60. The lowest BCUT2D eigenvalue weighted by atomic mass is 10.1. The van der Waals surface area contributed by atoms with Crippen LogP contribution in [0.4, 0.5) is 18.9 Å². The number of alkyl halides is 3. The van der Waals surface area contributed by atoms with E-state index in [2.05, 4.69) is 10.6 Å². The van der Waals surface area contributed by atoms with Crippen molar-refractivity contribution in [2.24, 2.45) is 0 Å². The highest BCUT2D eigenvalue weighted by Gasteiger charge is 2.33. The molecule has 2 aromatic rings. The van der Waals surface area contributed by atoms with E-state index in [1.807, 2.05) is 0 Å². The molecule has 0 aromatic heterocycles. The number of ether oxygens (including phenoxy) is 1. The molecule has 0 radical (unpaired) electrons. The molecule has 0 heterocycles. The number of methoxy groups -OCH3 is 1. The van der Waals surface area contributed by atoms with Crippen LogP contribution in [0.2, 0.25) is 0 Å². The monoisotopic (exact) mass is 380 g/mol. The first kappa shape index (κ1) is 20.3. The van der Waals surface area contributed by atoms with Crippen LogP contribution in [-0.2, 0) is 17.5 Å². The Bertz CT molecular complexity index is 864. The van der Waals surface area contributed by atoms with Gasteiger partial charge in [0.25, 0.3) is 5.91 Å². The molecule has 8 heteroatoms. The Hall–Kier alpha value is -3.03. The molecule has 0 atom stereocenters. The molecule has 27 heavy (non-hydrogen) atoms. The van der Waals surface area contributed by atoms with Crippen LogP contribution in [-0.4, -0.2) is 18.9 Å². The van der Waals surface area contributed by atoms with E-state index in [-0.39, 0.29) is 29.3 Å². The molecule has 5 nitrogen and oxygen atoms in total. The summed E-state index contributed by atoms with van der Waals surface area (Å²) in [6.07, 6.45) is -4.57. The maximum atomic E-state index is 13.2. The zero-order valence-corrected chi connectivity index (χ0v) is 15.0. The number of anilines is 1. The molecule has 0 fully saturated rings. The maximum absolute atomic E-state index is 13.2. The summed E-state index contributed by atoms with van der Waals surface area (Å²) in [4.78, 5) is 23.5. The summed E-state index contributed by atoms with van der Waals surface area (Å²) in [5.74, 6) is -0.759. The van der Waals surface area contributed by atoms with Gasteiger partial charge >= 0.3 is 6.18 Å². The fourth-order valence-electron chi connectivity index (χ4n) is 2.47. The molecule has 0 bridgehead atoms. The van der Waals surface area contributed by atoms with E-state index in [0.717, 1.165) is 11.6 Å². The summed E-state index contributed by atoms with van der Waals surface area (Å²) in [6, 6.07) is 8.22. The van der Waals surface area contributed by atoms with E-state index >= 15 is 0 Å². The van der Waals surface area contributed by atoms with Gasteiger partial charge in [-0.15, -0.1) is 0 Å². The van der Waals surface area contributed by atoms with Gasteiger partial charge in [-0.2, -0.15) is 13.2 Å². The number of aryl methyl sites for hydroxylation is 1. The number of halogens is 3. The number of benzene rings is 2. The van der Waals surface area contributed by atoms with Crippen LogP contribution < -0.4 is 15.4 Å². The number of amides is 2. The van der Waals surface area contributed by atoms with Crippen LogP contribution in [0.5, 0.6) is 5.75 Å². The van der Waals surface area contributed by atoms with E-state index in [4.69, 9.17) is 4.74 Å². The molecule has 2 amide bonds. The molecule has 0 aliphatic heterocycles. The first-order valence-electron chi connectivity index (χ1n) is 8.02. The molecular formula is C19H19F3N2O3. The van der Waals surface area contributed by atoms with Crippen LogP contribution >= 0.6 is 0 Å². The quantitative estimate of drug-likeness (QED) is 0.827. The maximum Gasteiger partial charge on any atom is 0.416 e. The summed E-state index contributed by atoms with van der Waals surface area (Å²) in [5, 5.41) is 5.07. The van der Waals surface area contributed by atoms with Crippen molar-refractivity contribution < 1.29 is 27.5 Å². The van der Waals surface area contributed by atoms with Crippen LogP contribution in [0.3, 0.4) is 0 Å². The summed E-state index contributed by atoms with van der Waals surface area (Å²) >= 11 is 0. The molecule has 2 rings (SSSR count). The van der Waals surface area contributed by atoms with Gasteiger partial charge in [-0.3, -0.25) is 9.59 Å². The van der Waals surface area contributed by atoms with E-state index < -0.39 is 17.6 Å². The number of nitrogens with one attached hydrogen (secondary N) is 2. The smallest absolute Gasteiger partial charge is 0.416 e. The van der Waals surface area contributed by atoms with E-state index in [1.54, 1.807) is 13.0 Å². The second-order valence-electron chi connectivity index (χ2n) is 5.91. The van der Waals surface area contributed by atoms with Gasteiger partial charge in [0.1, 0.15) is 5.75 Å². The highest BCUT2D eigenvalue weighted by Crippen LogP contribution is 2.34. The third-order valence-electron chi connectivity index (χ3n) is 3.87. The Morgan fingerprint density at radius 1 is 1.11 bits per heavy atom. The first-order chi connectivity index (χ1) is 12.6. The Labute approximate surface area is 154 Å². The Morgan fingerprint density at radius 3 is 2.41 bits per heavy atom. The topological polar surface area (TPSA) is 67.4 Å². The van der Waals surface area contributed by atoms with Crippen LogP contribution in [0.25, 0.3) is 0 Å². The third-order valence-corrected chi connectivity index (χ3v) is 3.87. The molecule has 0 saturated heterocycles. The number of hydrogen-bond acceptors (Lipinski definition) is 3. The van der Waals surface area contributed by atoms with Crippen molar-refractivity contribution in [3.63, 3.8) is 0 Å². The fraction of sp³-hybridized carbons (Fsp3) is 0.263. The zero-order valence-electron chi connectivity index (χ0n) is 15.0. The van der Waals surface area contributed by atoms with Crippen molar-refractivity contribution in [1.82, 2.24) is 5.32 Å². The van der Waals surface area contributed by atoms with E-state index in [9.17, 15) is 22.8 Å². The lowest BCUT2D eigenvalue weighted by molar-refractivity contribution is -0.138. The highest BCUT2D eigenvalue weighted by atomic mass is 19.4. The Kier molecular flexibility index (Phi) is 6.09. The average molecular weight is 380 g/mol. The minimum Gasteiger partial charge on any atom is -0.497 e. The Morgan fingerprint density at radius 2 is 1.81 bits per heavy atom. The predicted octanol–water partition coefficient (Wildman–Crippen LogP) is 3.91. The van der Waals surface area contributed by atoms with Gasteiger partial charge in [0.05, 0.1) is 12.7 Å². The standard InChI is InChI=1S/C19H19F3N2O3/c1-11-4-5-13(8-17(11)24-12(2)25)18(26)23-10-14-6-7-15(27-3)9-16(14)19(20,21)22/h4-9H,10H2,1-3H3,(H,23,26)(H,24,25). The molecule has 2 N–H and O–H groups in total. The molecular weight excluding hydrogens is 361 g/mol. The summed E-state index contributed by atoms with van der Waals surface area (Å²) in [7, 11) is 1.28. The van der Waals surface area contributed by atoms with Crippen LogP contribution in [0, 0.1) is 6.92 Å². The van der Waals surface area contributed by atoms with Gasteiger partial charge in [0.2, 0.25) is 5.91 Å². The van der Waals surface area contributed by atoms with Crippen molar-refractivity contribution in [3.8, 4) is 5.75 Å². The highest BCUT2D eigenvalue weighted by molar-refractivity contribution is 5.97. The van der Waals surface area contributed by atoms with E-state index in [0.29, 0.717) is 5.69 Å². The third kappa shape index (κ3) is 5.22. The fourth-order valence-corrected chi connectivity index (χ4v) is 2.47. The van der Waals surface area contributed by atoms with Crippen molar-refractivity contribution >= 4 is 17.5 Å². The second-order valence-corrected chi connectivity index (χ2v) is 5.91. The summed E-state index contributed by atoms with van der Waals surface area (Å²) < 4.78 is 44.5. The molecule has 0 aliphatic rings. The number of carbonyl (C=O) groups excluding carboxylic acids is 2. The second kappa shape index (κ2) is 8.11. The first-order valence-corrected chi connectivity index (χ1v) is 8.02. The van der Waals surface area contributed by atoms with Crippen molar-refractivity contribution in [1.29, 1.82) is 0 Å². The normalized spacial score (nSPS) is 11.0. The van der Waals surface area contributed by atoms with Gasteiger partial charge in [-0.1, -0.05) is 12.1 Å². The molecule has 0 spiro atoms. The van der Waals surface area contributed by atoms with Gasteiger partial charge in [0, 0.05) is 24.7 Å². The lowest BCUT2D eigenvalue weighted by Crippen LogP contribution is -2.24. The van der Waals surface area contributed by atoms with Gasteiger partial charge in [-0.05, 0) is 42.3 Å². The molecule has 0 unspecified atom stereocenters.